The molecule has 1 heterocycles. The number of hydrogen-bond donors (Lipinski definition) is 1. The minimum atomic E-state index is 0.707. The third kappa shape index (κ3) is 7.25. The molecule has 19 heavy (non-hydrogen) atoms. The van der Waals surface area contributed by atoms with E-state index in [4.69, 9.17) is 9.47 Å². The number of nitrogens with zero attached hydrogens (tertiary/aromatic N) is 1. The molecule has 1 N–H and O–H groups in total. The smallest absolute Gasteiger partial charge is 0.0593 e. The minimum absolute atomic E-state index is 0.707. The van der Waals surface area contributed by atoms with Crippen molar-refractivity contribution in [3.05, 3.63) is 0 Å². The van der Waals surface area contributed by atoms with Crippen LogP contribution in [-0.4, -0.2) is 64.1 Å². The molecule has 2 atom stereocenters. The van der Waals surface area contributed by atoms with Crippen LogP contribution in [0, 0.1) is 5.92 Å². The fraction of sp³-hybridized carbons (Fsp3) is 1.00. The molecule has 0 radical (unpaired) electrons. The van der Waals surface area contributed by atoms with E-state index in [0.717, 1.165) is 45.2 Å². The zero-order chi connectivity index (χ0) is 13.9. The first-order valence-electron chi connectivity index (χ1n) is 7.80. The summed E-state index contributed by atoms with van der Waals surface area (Å²) >= 11 is 0. The van der Waals surface area contributed by atoms with E-state index in [1.807, 2.05) is 0 Å². The van der Waals surface area contributed by atoms with E-state index >= 15 is 0 Å². The van der Waals surface area contributed by atoms with Crippen molar-refractivity contribution >= 4 is 0 Å². The van der Waals surface area contributed by atoms with Crippen molar-refractivity contribution < 1.29 is 9.47 Å². The van der Waals surface area contributed by atoms with Crippen LogP contribution in [0.3, 0.4) is 0 Å². The van der Waals surface area contributed by atoms with Crippen molar-refractivity contribution in [3.63, 3.8) is 0 Å². The molecule has 1 fully saturated rings. The fourth-order valence-electron chi connectivity index (χ4n) is 2.67. The van der Waals surface area contributed by atoms with Crippen molar-refractivity contribution in [2.75, 3.05) is 53.1 Å². The van der Waals surface area contributed by atoms with Crippen molar-refractivity contribution in [2.45, 2.75) is 39.2 Å². The average Bonchev–Trinajstić information content (AvgIpc) is 2.42. The summed E-state index contributed by atoms with van der Waals surface area (Å²) in [5, 5.41) is 3.66. The van der Waals surface area contributed by atoms with Crippen LogP contribution in [0.1, 0.15) is 33.1 Å². The van der Waals surface area contributed by atoms with Crippen LogP contribution in [0.4, 0.5) is 0 Å². The van der Waals surface area contributed by atoms with Crippen molar-refractivity contribution in [3.8, 4) is 0 Å². The maximum atomic E-state index is 5.63. The largest absolute Gasteiger partial charge is 0.385 e. The Balaban J connectivity index is 2.04. The molecule has 2 unspecified atom stereocenters. The van der Waals surface area contributed by atoms with Gasteiger partial charge < -0.3 is 19.7 Å². The molecule has 0 bridgehead atoms. The summed E-state index contributed by atoms with van der Waals surface area (Å²) in [5.74, 6) is 0.744. The van der Waals surface area contributed by atoms with Crippen LogP contribution >= 0.6 is 0 Å². The Bertz CT molecular complexity index is 214. The molecule has 4 nitrogen and oxygen atoms in total. The molecule has 4 heteroatoms. The van der Waals surface area contributed by atoms with Gasteiger partial charge in [0, 0.05) is 39.5 Å². The summed E-state index contributed by atoms with van der Waals surface area (Å²) < 4.78 is 10.6. The number of likely N-dealkylation sites (tertiary alicyclic amines) is 1. The minimum Gasteiger partial charge on any atom is -0.385 e. The second-order valence-electron chi connectivity index (χ2n) is 5.59. The van der Waals surface area contributed by atoms with E-state index in [-0.39, 0.29) is 0 Å². The van der Waals surface area contributed by atoms with E-state index in [1.165, 1.54) is 25.9 Å². The molecule has 1 aliphatic heterocycles. The zero-order valence-corrected chi connectivity index (χ0v) is 13.0. The number of hydrogen-bond acceptors (Lipinski definition) is 4. The Morgan fingerprint density at radius 3 is 2.79 bits per heavy atom. The summed E-state index contributed by atoms with van der Waals surface area (Å²) in [6.07, 6.45) is 3.49. The number of rotatable bonds is 10. The van der Waals surface area contributed by atoms with Crippen LogP contribution in [0.15, 0.2) is 0 Å². The van der Waals surface area contributed by atoms with Crippen LogP contribution < -0.4 is 5.32 Å². The van der Waals surface area contributed by atoms with Gasteiger partial charge in [0.05, 0.1) is 6.61 Å². The van der Waals surface area contributed by atoms with E-state index in [9.17, 15) is 0 Å². The lowest BCUT2D eigenvalue weighted by Gasteiger charge is -2.37. The molecule has 0 aliphatic carbocycles. The number of piperidine rings is 1. The van der Waals surface area contributed by atoms with Crippen LogP contribution in [0.5, 0.6) is 0 Å². The summed E-state index contributed by atoms with van der Waals surface area (Å²) in [4.78, 5) is 2.53. The van der Waals surface area contributed by atoms with Crippen molar-refractivity contribution in [1.29, 1.82) is 0 Å². The number of nitrogens with one attached hydrogen (secondary N) is 1. The molecular formula is C15H32N2O2. The highest BCUT2D eigenvalue weighted by Crippen LogP contribution is 2.16. The lowest BCUT2D eigenvalue weighted by atomic mass is 9.94. The molecule has 1 saturated heterocycles. The van der Waals surface area contributed by atoms with Gasteiger partial charge in [0.1, 0.15) is 0 Å². The predicted octanol–water partition coefficient (Wildman–Crippen LogP) is 1.75. The van der Waals surface area contributed by atoms with Gasteiger partial charge in [-0.05, 0) is 38.3 Å². The molecule has 0 aromatic carbocycles. The zero-order valence-electron chi connectivity index (χ0n) is 13.0. The summed E-state index contributed by atoms with van der Waals surface area (Å²) in [6.45, 7) is 11.7. The lowest BCUT2D eigenvalue weighted by molar-refractivity contribution is 0.0665. The second-order valence-corrected chi connectivity index (χ2v) is 5.59. The molecule has 0 saturated carbocycles. The van der Waals surface area contributed by atoms with E-state index < -0.39 is 0 Å². The molecule has 1 rings (SSSR count). The van der Waals surface area contributed by atoms with E-state index in [2.05, 4.69) is 24.1 Å². The Morgan fingerprint density at radius 1 is 1.26 bits per heavy atom. The van der Waals surface area contributed by atoms with Gasteiger partial charge in [-0.2, -0.15) is 0 Å². The number of ether oxygens (including phenoxy) is 2. The second kappa shape index (κ2) is 10.6. The van der Waals surface area contributed by atoms with E-state index in [1.54, 1.807) is 7.11 Å². The molecule has 0 aromatic rings. The highest BCUT2D eigenvalue weighted by atomic mass is 16.5. The van der Waals surface area contributed by atoms with Gasteiger partial charge in [0.2, 0.25) is 0 Å². The van der Waals surface area contributed by atoms with Crippen molar-refractivity contribution in [2.24, 2.45) is 5.92 Å². The Hall–Kier alpha value is -0.160. The van der Waals surface area contributed by atoms with Gasteiger partial charge in [-0.25, -0.2) is 0 Å². The summed E-state index contributed by atoms with van der Waals surface area (Å²) in [7, 11) is 1.73. The monoisotopic (exact) mass is 272 g/mol. The SMILES string of the molecule is CCCNC1CCN(CCOCCCOC)CC1C. The molecular weight excluding hydrogens is 240 g/mol. The van der Waals surface area contributed by atoms with E-state index in [0.29, 0.717) is 6.04 Å². The maximum Gasteiger partial charge on any atom is 0.0593 e. The molecule has 0 spiro atoms. The third-order valence-electron chi connectivity index (χ3n) is 3.83. The van der Waals surface area contributed by atoms with Crippen LogP contribution in [0.25, 0.3) is 0 Å². The molecule has 1 aliphatic rings. The normalized spacial score (nSPS) is 24.8. The first-order chi connectivity index (χ1) is 9.27. The first-order valence-corrected chi connectivity index (χ1v) is 7.80. The van der Waals surface area contributed by atoms with Crippen molar-refractivity contribution in [1.82, 2.24) is 10.2 Å². The molecule has 114 valence electrons. The summed E-state index contributed by atoms with van der Waals surface area (Å²) in [5.41, 5.74) is 0. The third-order valence-corrected chi connectivity index (χ3v) is 3.83. The van der Waals surface area contributed by atoms with Gasteiger partial charge >= 0.3 is 0 Å². The topological polar surface area (TPSA) is 33.7 Å². The highest BCUT2D eigenvalue weighted by molar-refractivity contribution is 4.82. The highest BCUT2D eigenvalue weighted by Gasteiger charge is 2.24. The fourth-order valence-corrected chi connectivity index (χ4v) is 2.67. The average molecular weight is 272 g/mol. The first kappa shape index (κ1) is 16.9. The summed E-state index contributed by atoms with van der Waals surface area (Å²) in [6, 6.07) is 0.707. The quantitative estimate of drug-likeness (QED) is 0.614. The lowest BCUT2D eigenvalue weighted by Crippen LogP contribution is -2.49. The molecule has 0 amide bonds. The maximum absolute atomic E-state index is 5.63. The van der Waals surface area contributed by atoms with Gasteiger partial charge in [0.15, 0.2) is 0 Å². The number of methoxy groups -OCH3 is 1. The Kier molecular flexibility index (Phi) is 9.43. The van der Waals surface area contributed by atoms with Gasteiger partial charge in [-0.3, -0.25) is 0 Å². The Labute approximate surface area is 118 Å². The van der Waals surface area contributed by atoms with Crippen LogP contribution in [-0.2, 0) is 9.47 Å². The van der Waals surface area contributed by atoms with Crippen LogP contribution in [0.2, 0.25) is 0 Å². The standard InChI is InChI=1S/C15H32N2O2/c1-4-7-16-15-6-8-17(13-14(15)2)9-12-19-11-5-10-18-3/h14-16H,4-13H2,1-3H3. The van der Waals surface area contributed by atoms with Gasteiger partial charge in [-0.15, -0.1) is 0 Å². The van der Waals surface area contributed by atoms with Gasteiger partial charge in [-0.1, -0.05) is 13.8 Å². The Morgan fingerprint density at radius 2 is 2.11 bits per heavy atom. The van der Waals surface area contributed by atoms with Gasteiger partial charge in [0.25, 0.3) is 0 Å². The predicted molar refractivity (Wildman–Crippen MR) is 79.6 cm³/mol. The molecule has 0 aromatic heterocycles.